The third kappa shape index (κ3) is 4.68. The molecule has 1 atom stereocenters. The molecule has 8 nitrogen and oxygen atoms in total. The van der Waals surface area contributed by atoms with Crippen molar-refractivity contribution in [2.24, 2.45) is 0 Å². The second kappa shape index (κ2) is 9.64. The molecule has 1 N–H and O–H groups in total. The third-order valence-electron chi connectivity index (χ3n) is 7.05. The maximum atomic E-state index is 13.6. The molecule has 2 aliphatic heterocycles. The maximum absolute atomic E-state index is 13.6. The van der Waals surface area contributed by atoms with Crippen LogP contribution in [0.1, 0.15) is 17.0 Å². The number of β-amino-alcohol motifs (C(OH)–C–C–N with tert-alkyl or cyclic N) is 1. The Labute approximate surface area is 207 Å². The number of aryl methyl sites for hydroxylation is 1. The molecule has 1 aromatic heterocycles. The van der Waals surface area contributed by atoms with Gasteiger partial charge in [-0.3, -0.25) is 13.9 Å². The monoisotopic (exact) mass is 495 g/mol. The Hall–Kier alpha value is -2.88. The van der Waals surface area contributed by atoms with Crippen LogP contribution < -0.4 is 9.21 Å². The number of anilines is 2. The number of piperazine rings is 1. The molecule has 186 valence electrons. The van der Waals surface area contributed by atoms with Crippen LogP contribution in [0.5, 0.6) is 0 Å². The van der Waals surface area contributed by atoms with Gasteiger partial charge in [0.05, 0.1) is 29.7 Å². The number of aromatic nitrogens is 2. The first kappa shape index (κ1) is 23.8. The second-order valence-corrected chi connectivity index (χ2v) is 11.2. The van der Waals surface area contributed by atoms with Crippen LogP contribution in [0.15, 0.2) is 59.5 Å². The molecule has 3 heterocycles. The fourth-order valence-electron chi connectivity index (χ4n) is 5.28. The largest absolute Gasteiger partial charge is 0.390 e. The lowest BCUT2D eigenvalue weighted by Gasteiger charge is -2.36. The van der Waals surface area contributed by atoms with E-state index in [-0.39, 0.29) is 11.4 Å². The molecular formula is C26H33N5O3S. The molecule has 1 saturated heterocycles. The van der Waals surface area contributed by atoms with E-state index in [4.69, 9.17) is 0 Å². The van der Waals surface area contributed by atoms with Crippen LogP contribution in [0.3, 0.4) is 0 Å². The van der Waals surface area contributed by atoms with Crippen LogP contribution >= 0.6 is 0 Å². The van der Waals surface area contributed by atoms with Gasteiger partial charge in [-0.25, -0.2) is 8.42 Å². The first-order valence-electron chi connectivity index (χ1n) is 12.2. The van der Waals surface area contributed by atoms with Crippen molar-refractivity contribution in [1.29, 1.82) is 0 Å². The van der Waals surface area contributed by atoms with Gasteiger partial charge in [0.1, 0.15) is 4.90 Å². The number of para-hydroxylation sites is 2. The third-order valence-corrected chi connectivity index (χ3v) is 9.12. The second-order valence-electron chi connectivity index (χ2n) is 9.41. The van der Waals surface area contributed by atoms with E-state index >= 15 is 0 Å². The minimum atomic E-state index is -3.74. The van der Waals surface area contributed by atoms with Crippen molar-refractivity contribution in [3.63, 3.8) is 0 Å². The Bertz CT molecular complexity index is 1280. The standard InChI is InChI=1S/C26H33N5O3S/c1-20-26(35(33,34)31-13-12-22-8-6-7-11-25(22)31)21(2)30(27-20)19-24(32)18-28-14-16-29(17-15-28)23-9-4-3-5-10-23/h3-11,24,32H,12-19H2,1-2H3/t24-/m1/s1. The molecule has 35 heavy (non-hydrogen) atoms. The number of hydrogen-bond acceptors (Lipinski definition) is 6. The van der Waals surface area contributed by atoms with Gasteiger partial charge in [0.2, 0.25) is 0 Å². The molecule has 1 fully saturated rings. The topological polar surface area (TPSA) is 81.9 Å². The zero-order chi connectivity index (χ0) is 24.6. The number of hydrogen-bond donors (Lipinski definition) is 1. The lowest BCUT2D eigenvalue weighted by Crippen LogP contribution is -2.49. The summed E-state index contributed by atoms with van der Waals surface area (Å²) in [7, 11) is -3.74. The summed E-state index contributed by atoms with van der Waals surface area (Å²) in [4.78, 5) is 4.87. The quantitative estimate of drug-likeness (QED) is 0.542. The summed E-state index contributed by atoms with van der Waals surface area (Å²) in [5.41, 5.74) is 4.05. The summed E-state index contributed by atoms with van der Waals surface area (Å²) in [5.74, 6) is 0. The highest BCUT2D eigenvalue weighted by Crippen LogP contribution is 2.34. The molecule has 0 spiro atoms. The summed E-state index contributed by atoms with van der Waals surface area (Å²) in [6, 6.07) is 18.0. The summed E-state index contributed by atoms with van der Waals surface area (Å²) in [6.45, 7) is 8.30. The van der Waals surface area contributed by atoms with Gasteiger partial charge in [-0.15, -0.1) is 0 Å². The van der Waals surface area contributed by atoms with Gasteiger partial charge >= 0.3 is 0 Å². The molecule has 0 saturated carbocycles. The summed E-state index contributed by atoms with van der Waals surface area (Å²) < 4.78 is 30.3. The lowest BCUT2D eigenvalue weighted by molar-refractivity contribution is 0.0914. The van der Waals surface area contributed by atoms with Gasteiger partial charge in [-0.05, 0) is 44.0 Å². The van der Waals surface area contributed by atoms with Gasteiger partial charge in [0.15, 0.2) is 0 Å². The zero-order valence-electron chi connectivity index (χ0n) is 20.3. The van der Waals surface area contributed by atoms with Crippen LogP contribution in [0.4, 0.5) is 11.4 Å². The highest BCUT2D eigenvalue weighted by atomic mass is 32.2. The summed E-state index contributed by atoms with van der Waals surface area (Å²) in [6.07, 6.45) is 0.0667. The average molecular weight is 496 g/mol. The lowest BCUT2D eigenvalue weighted by atomic mass is 10.2. The Balaban J connectivity index is 1.24. The van der Waals surface area contributed by atoms with Crippen LogP contribution in [0, 0.1) is 13.8 Å². The van der Waals surface area contributed by atoms with E-state index in [1.54, 1.807) is 18.5 Å². The first-order chi connectivity index (χ1) is 16.8. The van der Waals surface area contributed by atoms with E-state index in [1.165, 1.54) is 9.99 Å². The van der Waals surface area contributed by atoms with E-state index < -0.39 is 16.1 Å². The number of fused-ring (bicyclic) bond motifs is 1. The van der Waals surface area contributed by atoms with Gasteiger partial charge in [-0.1, -0.05) is 36.4 Å². The van der Waals surface area contributed by atoms with Crippen molar-refractivity contribution < 1.29 is 13.5 Å². The number of aliphatic hydroxyl groups is 1. The van der Waals surface area contributed by atoms with Gasteiger partial charge in [0.25, 0.3) is 10.0 Å². The minimum Gasteiger partial charge on any atom is -0.390 e. The van der Waals surface area contributed by atoms with Crippen molar-refractivity contribution in [2.75, 3.05) is 48.5 Å². The van der Waals surface area contributed by atoms with Gasteiger partial charge in [-0.2, -0.15) is 5.10 Å². The van der Waals surface area contributed by atoms with Crippen LogP contribution in [0.2, 0.25) is 0 Å². The molecule has 0 radical (unpaired) electrons. The fourth-order valence-corrected chi connectivity index (χ4v) is 7.16. The molecule has 3 aromatic rings. The van der Waals surface area contributed by atoms with E-state index in [2.05, 4.69) is 39.2 Å². The number of benzene rings is 2. The normalized spacial score (nSPS) is 17.6. The van der Waals surface area contributed by atoms with Crippen LogP contribution in [-0.2, 0) is 23.0 Å². The predicted octanol–water partition coefficient (Wildman–Crippen LogP) is 2.43. The molecule has 9 heteroatoms. The number of sulfonamides is 1. The molecule has 2 aliphatic rings. The first-order valence-corrected chi connectivity index (χ1v) is 13.6. The molecule has 0 aliphatic carbocycles. The summed E-state index contributed by atoms with van der Waals surface area (Å²) >= 11 is 0. The van der Waals surface area contributed by atoms with Crippen LogP contribution in [-0.4, -0.2) is 73.6 Å². The molecule has 0 unspecified atom stereocenters. The fraction of sp³-hybridized carbons (Fsp3) is 0.423. The highest BCUT2D eigenvalue weighted by molar-refractivity contribution is 7.93. The van der Waals surface area contributed by atoms with Crippen molar-refractivity contribution in [3.8, 4) is 0 Å². The van der Waals surface area contributed by atoms with E-state index in [9.17, 15) is 13.5 Å². The van der Waals surface area contributed by atoms with E-state index in [1.807, 2.05) is 30.3 Å². The number of nitrogens with zero attached hydrogens (tertiary/aromatic N) is 5. The maximum Gasteiger partial charge on any atom is 0.268 e. The van der Waals surface area contributed by atoms with Crippen LogP contribution in [0.25, 0.3) is 0 Å². The van der Waals surface area contributed by atoms with Crippen molar-refractivity contribution in [2.45, 2.75) is 37.8 Å². The Morgan fingerprint density at radius 2 is 1.60 bits per heavy atom. The van der Waals surface area contributed by atoms with Crippen molar-refractivity contribution in [3.05, 3.63) is 71.5 Å². The average Bonchev–Trinajstić information content (AvgIpc) is 3.41. The van der Waals surface area contributed by atoms with E-state index in [0.29, 0.717) is 30.9 Å². The van der Waals surface area contributed by atoms with Crippen molar-refractivity contribution >= 4 is 21.4 Å². The Kier molecular flexibility index (Phi) is 6.57. The number of rotatable bonds is 7. The SMILES string of the molecule is Cc1nn(C[C@H](O)CN2CCN(c3ccccc3)CC2)c(C)c1S(=O)(=O)N1CCc2ccccc21. The van der Waals surface area contributed by atoms with Gasteiger partial charge in [0, 0.05) is 45.0 Å². The predicted molar refractivity (Wildman–Crippen MR) is 137 cm³/mol. The smallest absolute Gasteiger partial charge is 0.268 e. The van der Waals surface area contributed by atoms with Gasteiger partial charge < -0.3 is 10.0 Å². The number of aliphatic hydroxyl groups excluding tert-OH is 1. The molecule has 0 amide bonds. The molecular weight excluding hydrogens is 462 g/mol. The Morgan fingerprint density at radius 3 is 2.34 bits per heavy atom. The molecule has 0 bridgehead atoms. The molecule has 2 aromatic carbocycles. The Morgan fingerprint density at radius 1 is 0.914 bits per heavy atom. The summed E-state index contributed by atoms with van der Waals surface area (Å²) in [5, 5.41) is 15.3. The molecule has 5 rings (SSSR count). The minimum absolute atomic E-state index is 0.248. The highest BCUT2D eigenvalue weighted by Gasteiger charge is 2.35. The van der Waals surface area contributed by atoms with E-state index in [0.717, 1.165) is 37.4 Å². The zero-order valence-corrected chi connectivity index (χ0v) is 21.2. The van der Waals surface area contributed by atoms with Crippen molar-refractivity contribution in [1.82, 2.24) is 14.7 Å².